The average Bonchev–Trinajstić information content (AvgIpc) is 2.68. The second kappa shape index (κ2) is 6.13. The van der Waals surface area contributed by atoms with Crippen molar-refractivity contribution in [2.45, 2.75) is 25.2 Å². The highest BCUT2D eigenvalue weighted by atomic mass is 19.3. The average molecular weight is 309 g/mol. The van der Waals surface area contributed by atoms with E-state index in [1.807, 2.05) is 12.2 Å². The fourth-order valence-electron chi connectivity index (χ4n) is 2.52. The SMILES string of the molecule is O=C1[C@@H]2CC=CC[C@H]2C(=O)N1CCOCC(F)(F)C(F)F. The number of rotatable bonds is 6. The second-order valence-electron chi connectivity index (χ2n) is 5.10. The Hall–Kier alpha value is -1.44. The fourth-order valence-corrected chi connectivity index (χ4v) is 2.52. The minimum absolute atomic E-state index is 0.190. The van der Waals surface area contributed by atoms with Crippen LogP contribution in [-0.4, -0.2) is 48.8 Å². The van der Waals surface area contributed by atoms with E-state index in [1.54, 1.807) is 0 Å². The van der Waals surface area contributed by atoms with Gasteiger partial charge in [-0.05, 0) is 12.8 Å². The summed E-state index contributed by atoms with van der Waals surface area (Å²) < 4.78 is 53.5. The van der Waals surface area contributed by atoms with E-state index in [1.165, 1.54) is 0 Å². The van der Waals surface area contributed by atoms with Crippen LogP contribution >= 0.6 is 0 Å². The number of carbonyl (C=O) groups excluding carboxylic acids is 2. The van der Waals surface area contributed by atoms with Crippen LogP contribution in [0.3, 0.4) is 0 Å². The van der Waals surface area contributed by atoms with E-state index in [-0.39, 0.29) is 25.0 Å². The van der Waals surface area contributed by atoms with Crippen LogP contribution < -0.4 is 0 Å². The van der Waals surface area contributed by atoms with Crippen LogP contribution in [-0.2, 0) is 14.3 Å². The van der Waals surface area contributed by atoms with Crippen molar-refractivity contribution in [2.75, 3.05) is 19.8 Å². The van der Waals surface area contributed by atoms with Gasteiger partial charge in [0.15, 0.2) is 0 Å². The topological polar surface area (TPSA) is 46.6 Å². The number of hydrogen-bond donors (Lipinski definition) is 0. The minimum Gasteiger partial charge on any atom is -0.373 e. The maximum Gasteiger partial charge on any atom is 0.330 e. The number of imide groups is 1. The first-order valence-corrected chi connectivity index (χ1v) is 6.58. The molecule has 0 saturated carbocycles. The maximum atomic E-state index is 12.6. The molecule has 2 rings (SSSR count). The van der Waals surface area contributed by atoms with Crippen LogP contribution in [0.25, 0.3) is 0 Å². The number of likely N-dealkylation sites (tertiary alicyclic amines) is 1. The van der Waals surface area contributed by atoms with Gasteiger partial charge in [-0.2, -0.15) is 8.78 Å². The molecule has 118 valence electrons. The monoisotopic (exact) mass is 309 g/mol. The predicted octanol–water partition coefficient (Wildman–Crippen LogP) is 1.85. The molecule has 8 heteroatoms. The number of amides is 2. The summed E-state index contributed by atoms with van der Waals surface area (Å²) in [7, 11) is 0. The lowest BCUT2D eigenvalue weighted by Crippen LogP contribution is -2.37. The van der Waals surface area contributed by atoms with Gasteiger partial charge in [-0.3, -0.25) is 14.5 Å². The molecule has 0 N–H and O–H groups in total. The number of ether oxygens (including phenoxy) is 1. The molecule has 2 atom stereocenters. The lowest BCUT2D eigenvalue weighted by molar-refractivity contribution is -0.167. The van der Waals surface area contributed by atoms with Crippen molar-refractivity contribution in [3.05, 3.63) is 12.2 Å². The van der Waals surface area contributed by atoms with Crippen molar-refractivity contribution in [1.29, 1.82) is 0 Å². The lowest BCUT2D eigenvalue weighted by Gasteiger charge is -2.17. The first-order valence-electron chi connectivity index (χ1n) is 6.58. The molecule has 0 aromatic rings. The van der Waals surface area contributed by atoms with Gasteiger partial charge in [0.25, 0.3) is 0 Å². The third-order valence-electron chi connectivity index (χ3n) is 3.67. The van der Waals surface area contributed by atoms with Gasteiger partial charge in [0.05, 0.1) is 25.0 Å². The standard InChI is InChI=1S/C13H15F4NO3/c14-12(15)13(16,17)7-21-6-5-18-10(19)8-3-1-2-4-9(8)11(18)20/h1-2,8-9,12H,3-7H2/t8-,9-/m1/s1. The van der Waals surface area contributed by atoms with E-state index in [9.17, 15) is 27.2 Å². The molecule has 4 nitrogen and oxygen atoms in total. The molecule has 21 heavy (non-hydrogen) atoms. The smallest absolute Gasteiger partial charge is 0.330 e. The molecule has 2 amide bonds. The molecule has 1 saturated heterocycles. The first kappa shape index (κ1) is 15.9. The Labute approximate surface area is 118 Å². The van der Waals surface area contributed by atoms with Crippen LogP contribution in [0.4, 0.5) is 17.6 Å². The number of alkyl halides is 4. The van der Waals surface area contributed by atoms with E-state index in [4.69, 9.17) is 0 Å². The summed E-state index contributed by atoms with van der Waals surface area (Å²) in [6.45, 7) is -2.01. The molecule has 0 spiro atoms. The highest BCUT2D eigenvalue weighted by Gasteiger charge is 2.47. The quantitative estimate of drug-likeness (QED) is 0.326. The maximum absolute atomic E-state index is 12.6. The Bertz CT molecular complexity index is 427. The summed E-state index contributed by atoms with van der Waals surface area (Å²) in [5.41, 5.74) is 0. The highest BCUT2D eigenvalue weighted by Crippen LogP contribution is 2.34. The largest absolute Gasteiger partial charge is 0.373 e. The minimum atomic E-state index is -4.23. The normalized spacial score (nSPS) is 25.9. The Balaban J connectivity index is 1.82. The molecular weight excluding hydrogens is 294 g/mol. The molecule has 0 bridgehead atoms. The molecule has 1 heterocycles. The van der Waals surface area contributed by atoms with Gasteiger partial charge in [-0.15, -0.1) is 0 Å². The zero-order valence-corrected chi connectivity index (χ0v) is 11.1. The second-order valence-corrected chi connectivity index (χ2v) is 5.10. The number of allylic oxidation sites excluding steroid dienone is 2. The Kier molecular flexibility index (Phi) is 4.65. The van der Waals surface area contributed by atoms with E-state index >= 15 is 0 Å². The van der Waals surface area contributed by atoms with Crippen molar-refractivity contribution in [3.63, 3.8) is 0 Å². The summed E-state index contributed by atoms with van der Waals surface area (Å²) in [5.74, 6) is -5.72. The third-order valence-corrected chi connectivity index (χ3v) is 3.67. The van der Waals surface area contributed by atoms with E-state index < -0.39 is 30.8 Å². The van der Waals surface area contributed by atoms with Crippen LogP contribution in [0.1, 0.15) is 12.8 Å². The number of fused-ring (bicyclic) bond motifs is 1. The molecule has 2 aliphatic rings. The van der Waals surface area contributed by atoms with E-state index in [0.717, 1.165) is 4.90 Å². The summed E-state index contributed by atoms with van der Waals surface area (Å²) in [6, 6.07) is 0. The van der Waals surface area contributed by atoms with Crippen molar-refractivity contribution >= 4 is 11.8 Å². The van der Waals surface area contributed by atoms with Crippen LogP contribution in [0.5, 0.6) is 0 Å². The molecule has 0 aromatic heterocycles. The summed E-state index contributed by atoms with van der Waals surface area (Å²) in [5, 5.41) is 0. The molecule has 0 aromatic carbocycles. The van der Waals surface area contributed by atoms with E-state index in [2.05, 4.69) is 4.74 Å². The zero-order chi connectivity index (χ0) is 15.6. The Morgan fingerprint density at radius 3 is 2.19 bits per heavy atom. The predicted molar refractivity (Wildman–Crippen MR) is 63.8 cm³/mol. The number of halogens is 4. The third kappa shape index (κ3) is 3.25. The van der Waals surface area contributed by atoms with Gasteiger partial charge in [-0.25, -0.2) is 8.78 Å². The number of carbonyl (C=O) groups is 2. The van der Waals surface area contributed by atoms with Gasteiger partial charge >= 0.3 is 12.3 Å². The number of hydrogen-bond acceptors (Lipinski definition) is 3. The molecule has 0 radical (unpaired) electrons. The summed E-state index contributed by atoms with van der Waals surface area (Å²) in [4.78, 5) is 25.0. The van der Waals surface area contributed by atoms with Crippen LogP contribution in [0.2, 0.25) is 0 Å². The molecule has 1 fully saturated rings. The Morgan fingerprint density at radius 2 is 1.71 bits per heavy atom. The lowest BCUT2D eigenvalue weighted by atomic mass is 9.85. The number of nitrogens with zero attached hydrogens (tertiary/aromatic N) is 1. The highest BCUT2D eigenvalue weighted by molar-refractivity contribution is 6.05. The van der Waals surface area contributed by atoms with Crippen LogP contribution in [0.15, 0.2) is 12.2 Å². The van der Waals surface area contributed by atoms with Gasteiger partial charge in [0.1, 0.15) is 6.61 Å². The van der Waals surface area contributed by atoms with Gasteiger partial charge in [0, 0.05) is 0 Å². The Morgan fingerprint density at radius 1 is 1.19 bits per heavy atom. The van der Waals surface area contributed by atoms with Crippen molar-refractivity contribution in [3.8, 4) is 0 Å². The van der Waals surface area contributed by atoms with Crippen molar-refractivity contribution in [1.82, 2.24) is 4.90 Å². The summed E-state index contributed by atoms with van der Waals surface area (Å²) in [6.07, 6.45) is 0.818. The molecule has 1 aliphatic heterocycles. The molecule has 0 unspecified atom stereocenters. The zero-order valence-electron chi connectivity index (χ0n) is 11.1. The van der Waals surface area contributed by atoms with Gasteiger partial charge in [-0.1, -0.05) is 12.2 Å². The fraction of sp³-hybridized carbons (Fsp3) is 0.692. The van der Waals surface area contributed by atoms with Crippen molar-refractivity contribution in [2.24, 2.45) is 11.8 Å². The van der Waals surface area contributed by atoms with Gasteiger partial charge < -0.3 is 4.74 Å². The molecular formula is C13H15F4NO3. The van der Waals surface area contributed by atoms with E-state index in [0.29, 0.717) is 12.8 Å². The van der Waals surface area contributed by atoms with Gasteiger partial charge in [0.2, 0.25) is 11.8 Å². The van der Waals surface area contributed by atoms with Crippen molar-refractivity contribution < 1.29 is 31.9 Å². The summed E-state index contributed by atoms with van der Waals surface area (Å²) >= 11 is 0. The molecule has 1 aliphatic carbocycles. The van der Waals surface area contributed by atoms with Crippen LogP contribution in [0, 0.1) is 11.8 Å². The first-order chi connectivity index (χ1) is 9.84.